The van der Waals surface area contributed by atoms with E-state index in [2.05, 4.69) is 34.1 Å². The van der Waals surface area contributed by atoms with Crippen LogP contribution < -0.4 is 0 Å². The van der Waals surface area contributed by atoms with Crippen molar-refractivity contribution >= 4 is 33.6 Å². The van der Waals surface area contributed by atoms with Crippen molar-refractivity contribution in [2.24, 2.45) is 0 Å². The number of nitrogens with zero attached hydrogens (tertiary/aromatic N) is 1. The summed E-state index contributed by atoms with van der Waals surface area (Å²) in [6, 6.07) is 16.3. The van der Waals surface area contributed by atoms with Crippen LogP contribution in [0.3, 0.4) is 0 Å². The van der Waals surface area contributed by atoms with Gasteiger partial charge in [0, 0.05) is 27.9 Å². The van der Waals surface area contributed by atoms with Gasteiger partial charge >= 0.3 is 0 Å². The monoisotopic (exact) mass is 345 g/mol. The number of carbonyl (C=O) groups is 1. The van der Waals surface area contributed by atoms with E-state index in [4.69, 9.17) is 0 Å². The van der Waals surface area contributed by atoms with Crippen LogP contribution in [0.25, 0.3) is 0 Å². The average Bonchev–Trinajstić information content (AvgIpc) is 3.01. The molecule has 0 aromatic heterocycles. The van der Waals surface area contributed by atoms with Gasteiger partial charge in [-0.1, -0.05) is 46.3 Å². The summed E-state index contributed by atoms with van der Waals surface area (Å²) in [5.41, 5.74) is 3.17. The molecule has 4 rings (SSSR count). The molecular formula is C16H12BrNOS. The van der Waals surface area contributed by atoms with Gasteiger partial charge in [0.2, 0.25) is 0 Å². The second kappa shape index (κ2) is 4.37. The fourth-order valence-electron chi connectivity index (χ4n) is 3.17. The first-order chi connectivity index (χ1) is 9.73. The third kappa shape index (κ3) is 1.49. The second-order valence-electron chi connectivity index (χ2n) is 5.00. The summed E-state index contributed by atoms with van der Waals surface area (Å²) in [6.45, 7) is 0.814. The molecule has 1 saturated heterocycles. The number of rotatable bonds is 1. The topological polar surface area (TPSA) is 20.3 Å². The molecule has 0 spiro atoms. The largest absolute Gasteiger partial charge is 0.315 e. The number of carbonyl (C=O) groups excluding carboxylic acids is 1. The zero-order valence-electron chi connectivity index (χ0n) is 10.7. The molecule has 2 aromatic rings. The molecular weight excluding hydrogens is 334 g/mol. The molecule has 1 atom stereocenters. The summed E-state index contributed by atoms with van der Waals surface area (Å²) >= 11 is 5.34. The molecule has 4 heteroatoms. The van der Waals surface area contributed by atoms with Crippen molar-refractivity contribution in [1.82, 2.24) is 4.90 Å². The third-order valence-electron chi connectivity index (χ3n) is 4.01. The summed E-state index contributed by atoms with van der Waals surface area (Å²) in [4.78, 5) is 14.3. The van der Waals surface area contributed by atoms with E-state index in [0.717, 1.165) is 27.9 Å². The summed E-state index contributed by atoms with van der Waals surface area (Å²) < 4.78 is 1.06. The van der Waals surface area contributed by atoms with Gasteiger partial charge in [-0.2, -0.15) is 0 Å². The number of benzene rings is 2. The van der Waals surface area contributed by atoms with Gasteiger partial charge < -0.3 is 4.90 Å². The Hall–Kier alpha value is -1.26. The quantitative estimate of drug-likeness (QED) is 0.782. The predicted octanol–water partition coefficient (Wildman–Crippen LogP) is 3.85. The van der Waals surface area contributed by atoms with Gasteiger partial charge in [0.1, 0.15) is 4.87 Å². The molecule has 20 heavy (non-hydrogen) atoms. The van der Waals surface area contributed by atoms with Crippen LogP contribution in [0.5, 0.6) is 0 Å². The Bertz CT molecular complexity index is 700. The highest BCUT2D eigenvalue weighted by Crippen LogP contribution is 2.55. The van der Waals surface area contributed by atoms with E-state index in [1.165, 1.54) is 5.56 Å². The first-order valence-corrected chi connectivity index (χ1v) is 8.33. The van der Waals surface area contributed by atoms with E-state index in [1.807, 2.05) is 47.0 Å². The number of halogens is 1. The Morgan fingerprint density at radius 1 is 1.10 bits per heavy atom. The normalized spacial score (nSPS) is 23.9. The summed E-state index contributed by atoms with van der Waals surface area (Å²) in [7, 11) is 0. The third-order valence-corrected chi connectivity index (χ3v) is 6.02. The molecule has 0 N–H and O–H groups in total. The molecule has 0 bridgehead atoms. The number of thioether (sulfide) groups is 1. The van der Waals surface area contributed by atoms with Crippen LogP contribution >= 0.6 is 27.7 Å². The second-order valence-corrected chi connectivity index (χ2v) is 7.21. The Morgan fingerprint density at radius 3 is 2.65 bits per heavy atom. The molecule has 1 amide bonds. The van der Waals surface area contributed by atoms with E-state index < -0.39 is 0 Å². The van der Waals surface area contributed by atoms with E-state index in [0.29, 0.717) is 0 Å². The molecule has 2 aromatic carbocycles. The van der Waals surface area contributed by atoms with E-state index in [1.54, 1.807) is 0 Å². The maximum Gasteiger partial charge on any atom is 0.255 e. The Labute approximate surface area is 130 Å². The van der Waals surface area contributed by atoms with Crippen molar-refractivity contribution in [2.75, 3.05) is 12.3 Å². The van der Waals surface area contributed by atoms with Crippen LogP contribution in [-0.4, -0.2) is 23.1 Å². The van der Waals surface area contributed by atoms with Gasteiger partial charge in [-0.25, -0.2) is 0 Å². The van der Waals surface area contributed by atoms with E-state index in [9.17, 15) is 4.79 Å². The van der Waals surface area contributed by atoms with Crippen LogP contribution in [0, 0.1) is 0 Å². The Kier molecular flexibility index (Phi) is 2.72. The molecule has 1 fully saturated rings. The standard InChI is InChI=1S/C16H12BrNOS/c17-12-7-5-11(6-8-12)16-14-4-2-1-3-13(14)15(19)18(16)9-10-20-16/h1-8H,9-10H2. The molecule has 100 valence electrons. The molecule has 0 aliphatic carbocycles. The number of hydrogen-bond donors (Lipinski definition) is 0. The number of hydrogen-bond acceptors (Lipinski definition) is 2. The van der Waals surface area contributed by atoms with Crippen molar-refractivity contribution in [2.45, 2.75) is 4.87 Å². The lowest BCUT2D eigenvalue weighted by Crippen LogP contribution is -2.37. The van der Waals surface area contributed by atoms with Crippen molar-refractivity contribution in [3.05, 3.63) is 69.7 Å². The molecule has 2 heterocycles. The highest BCUT2D eigenvalue weighted by molar-refractivity contribution is 9.10. The lowest BCUT2D eigenvalue weighted by Gasteiger charge is -2.32. The van der Waals surface area contributed by atoms with Crippen molar-refractivity contribution in [1.29, 1.82) is 0 Å². The molecule has 2 aliphatic heterocycles. The maximum atomic E-state index is 12.6. The number of fused-ring (bicyclic) bond motifs is 3. The van der Waals surface area contributed by atoms with Gasteiger partial charge in [0.05, 0.1) is 0 Å². The van der Waals surface area contributed by atoms with Crippen molar-refractivity contribution in [3.63, 3.8) is 0 Å². The summed E-state index contributed by atoms with van der Waals surface area (Å²) in [6.07, 6.45) is 0. The van der Waals surface area contributed by atoms with Gasteiger partial charge in [-0.3, -0.25) is 4.79 Å². The fourth-order valence-corrected chi connectivity index (χ4v) is 4.97. The highest BCUT2D eigenvalue weighted by Gasteiger charge is 2.54. The van der Waals surface area contributed by atoms with Gasteiger partial charge in [-0.05, 0) is 23.8 Å². The van der Waals surface area contributed by atoms with Crippen LogP contribution in [-0.2, 0) is 4.87 Å². The summed E-state index contributed by atoms with van der Waals surface area (Å²) in [5.74, 6) is 1.14. The molecule has 2 nitrogen and oxygen atoms in total. The zero-order chi connectivity index (χ0) is 13.7. The van der Waals surface area contributed by atoms with Crippen LogP contribution in [0.4, 0.5) is 0 Å². The lowest BCUT2D eigenvalue weighted by atomic mass is 9.97. The Morgan fingerprint density at radius 2 is 1.85 bits per heavy atom. The van der Waals surface area contributed by atoms with Crippen LogP contribution in [0.1, 0.15) is 21.5 Å². The van der Waals surface area contributed by atoms with Gasteiger partial charge in [0.25, 0.3) is 5.91 Å². The summed E-state index contributed by atoms with van der Waals surface area (Å²) in [5, 5.41) is 0. The molecule has 0 radical (unpaired) electrons. The first kappa shape index (κ1) is 12.5. The average molecular weight is 346 g/mol. The molecule has 1 unspecified atom stereocenters. The Balaban J connectivity index is 1.99. The fraction of sp³-hybridized carbons (Fsp3) is 0.188. The van der Waals surface area contributed by atoms with Crippen LogP contribution in [0.2, 0.25) is 0 Å². The van der Waals surface area contributed by atoms with Gasteiger partial charge in [-0.15, -0.1) is 11.8 Å². The SMILES string of the molecule is O=C1c2ccccc2C2(c3ccc(Br)cc3)SCCN12. The minimum absolute atomic E-state index is 0.161. The maximum absolute atomic E-state index is 12.6. The smallest absolute Gasteiger partial charge is 0.255 e. The minimum Gasteiger partial charge on any atom is -0.315 e. The van der Waals surface area contributed by atoms with Crippen molar-refractivity contribution < 1.29 is 4.79 Å². The first-order valence-electron chi connectivity index (χ1n) is 6.55. The van der Waals surface area contributed by atoms with Crippen LogP contribution in [0.15, 0.2) is 53.0 Å². The molecule has 0 saturated carbocycles. The number of amides is 1. The molecule has 2 aliphatic rings. The predicted molar refractivity (Wildman–Crippen MR) is 84.9 cm³/mol. The minimum atomic E-state index is -0.325. The van der Waals surface area contributed by atoms with E-state index >= 15 is 0 Å². The highest BCUT2D eigenvalue weighted by atomic mass is 79.9. The zero-order valence-corrected chi connectivity index (χ0v) is 13.1. The lowest BCUT2D eigenvalue weighted by molar-refractivity contribution is 0.0752. The van der Waals surface area contributed by atoms with Gasteiger partial charge in [0.15, 0.2) is 0 Å². The van der Waals surface area contributed by atoms with Crippen molar-refractivity contribution in [3.8, 4) is 0 Å². The van der Waals surface area contributed by atoms with E-state index in [-0.39, 0.29) is 10.8 Å².